The number of hydrogen-bond donors (Lipinski definition) is 0. The van der Waals surface area contributed by atoms with E-state index in [9.17, 15) is 4.79 Å². The molecule has 0 saturated carbocycles. The maximum absolute atomic E-state index is 10.7. The Bertz CT molecular complexity index is 297. The Morgan fingerprint density at radius 3 is 2.31 bits per heavy atom. The molecule has 1 atom stereocenters. The summed E-state index contributed by atoms with van der Waals surface area (Å²) in [5.41, 5.74) is 1.86. The Hall–Kier alpha value is -0.0500. The van der Waals surface area contributed by atoms with Gasteiger partial charge in [0.1, 0.15) is 5.38 Å². The number of carbonyl (C=O) groups excluding carboxylic acids is 1. The first kappa shape index (κ1) is 11.0. The van der Waals surface area contributed by atoms with Crippen molar-refractivity contribution >= 4 is 44.4 Å². The first-order chi connectivity index (χ1) is 6.15. The Labute approximate surface area is 95.2 Å². The molecule has 0 aliphatic rings. The SMILES string of the molecule is O=C(Cl)C(Cl)c1ccc(CBr)cc1. The summed E-state index contributed by atoms with van der Waals surface area (Å²) >= 11 is 14.3. The van der Waals surface area contributed by atoms with Crippen LogP contribution in [0.4, 0.5) is 0 Å². The molecule has 0 bridgehead atoms. The van der Waals surface area contributed by atoms with Crippen molar-refractivity contribution in [2.24, 2.45) is 0 Å². The van der Waals surface area contributed by atoms with E-state index in [1.165, 1.54) is 0 Å². The molecule has 1 rings (SSSR count). The van der Waals surface area contributed by atoms with Crippen LogP contribution in [0, 0.1) is 0 Å². The van der Waals surface area contributed by atoms with E-state index in [4.69, 9.17) is 23.2 Å². The molecule has 1 aromatic carbocycles. The first-order valence-corrected chi connectivity index (χ1v) is 5.57. The maximum atomic E-state index is 10.7. The molecule has 0 amide bonds. The summed E-state index contributed by atoms with van der Waals surface area (Å²) in [6.07, 6.45) is 0. The summed E-state index contributed by atoms with van der Waals surface area (Å²) in [7, 11) is 0. The molecule has 0 heterocycles. The van der Waals surface area contributed by atoms with Gasteiger partial charge in [-0.05, 0) is 22.7 Å². The van der Waals surface area contributed by atoms with Crippen LogP contribution in [0.3, 0.4) is 0 Å². The van der Waals surface area contributed by atoms with E-state index in [2.05, 4.69) is 15.9 Å². The second kappa shape index (κ2) is 4.99. The van der Waals surface area contributed by atoms with Crippen LogP contribution in [-0.4, -0.2) is 5.24 Å². The number of benzene rings is 1. The van der Waals surface area contributed by atoms with E-state index in [1.54, 1.807) is 12.1 Å². The van der Waals surface area contributed by atoms with E-state index in [0.717, 1.165) is 16.5 Å². The Kier molecular flexibility index (Phi) is 4.23. The fourth-order valence-electron chi connectivity index (χ4n) is 0.907. The predicted molar refractivity (Wildman–Crippen MR) is 58.5 cm³/mol. The molecule has 0 radical (unpaired) electrons. The van der Waals surface area contributed by atoms with Crippen molar-refractivity contribution in [3.05, 3.63) is 35.4 Å². The fourth-order valence-corrected chi connectivity index (χ4v) is 1.55. The van der Waals surface area contributed by atoms with Gasteiger partial charge in [-0.1, -0.05) is 40.2 Å². The lowest BCUT2D eigenvalue weighted by molar-refractivity contribution is -0.111. The Morgan fingerprint density at radius 2 is 1.92 bits per heavy atom. The third-order valence-corrected chi connectivity index (χ3v) is 3.05. The molecule has 0 saturated heterocycles. The normalized spacial score (nSPS) is 12.5. The van der Waals surface area contributed by atoms with Gasteiger partial charge in [0.2, 0.25) is 5.24 Å². The lowest BCUT2D eigenvalue weighted by Gasteiger charge is -2.04. The monoisotopic (exact) mass is 280 g/mol. The van der Waals surface area contributed by atoms with Crippen LogP contribution < -0.4 is 0 Å². The summed E-state index contributed by atoms with van der Waals surface area (Å²) in [6.45, 7) is 0. The summed E-state index contributed by atoms with van der Waals surface area (Å²) in [6, 6.07) is 7.40. The Balaban J connectivity index is 2.85. The van der Waals surface area contributed by atoms with Gasteiger partial charge in [0, 0.05) is 5.33 Å². The molecule has 1 aromatic rings. The highest BCUT2D eigenvalue weighted by Crippen LogP contribution is 2.23. The molecule has 0 aliphatic heterocycles. The molecule has 0 fully saturated rings. The van der Waals surface area contributed by atoms with Crippen LogP contribution >= 0.6 is 39.1 Å². The van der Waals surface area contributed by atoms with Gasteiger partial charge in [-0.2, -0.15) is 0 Å². The van der Waals surface area contributed by atoms with Crippen LogP contribution in [0.1, 0.15) is 16.5 Å². The molecule has 1 nitrogen and oxygen atoms in total. The third kappa shape index (κ3) is 2.97. The predicted octanol–water partition coefficient (Wildman–Crippen LogP) is 3.63. The topological polar surface area (TPSA) is 17.1 Å². The van der Waals surface area contributed by atoms with Crippen LogP contribution in [-0.2, 0) is 10.1 Å². The van der Waals surface area contributed by atoms with Gasteiger partial charge in [-0.3, -0.25) is 4.79 Å². The van der Waals surface area contributed by atoms with E-state index < -0.39 is 10.6 Å². The van der Waals surface area contributed by atoms with Crippen molar-refractivity contribution in [2.45, 2.75) is 10.7 Å². The van der Waals surface area contributed by atoms with Gasteiger partial charge in [-0.25, -0.2) is 0 Å². The van der Waals surface area contributed by atoms with E-state index in [1.807, 2.05) is 12.1 Å². The standard InChI is InChI=1S/C9H7BrCl2O/c10-5-6-1-3-7(4-2-6)8(11)9(12)13/h1-4,8H,5H2. The number of halogens is 3. The molecule has 13 heavy (non-hydrogen) atoms. The summed E-state index contributed by atoms with van der Waals surface area (Å²) in [4.78, 5) is 10.7. The number of rotatable bonds is 3. The van der Waals surface area contributed by atoms with E-state index >= 15 is 0 Å². The van der Waals surface area contributed by atoms with Crippen molar-refractivity contribution in [1.82, 2.24) is 0 Å². The number of carbonyl (C=O) groups is 1. The van der Waals surface area contributed by atoms with E-state index in [-0.39, 0.29) is 0 Å². The quantitative estimate of drug-likeness (QED) is 0.611. The van der Waals surface area contributed by atoms with Gasteiger partial charge < -0.3 is 0 Å². The number of alkyl halides is 2. The Morgan fingerprint density at radius 1 is 1.38 bits per heavy atom. The summed E-state index contributed by atoms with van der Waals surface area (Å²) in [5.74, 6) is 0. The van der Waals surface area contributed by atoms with Gasteiger partial charge in [0.05, 0.1) is 0 Å². The molecule has 0 aromatic heterocycles. The van der Waals surface area contributed by atoms with Gasteiger partial charge in [-0.15, -0.1) is 11.6 Å². The zero-order valence-electron chi connectivity index (χ0n) is 6.64. The van der Waals surface area contributed by atoms with Crippen molar-refractivity contribution < 1.29 is 4.79 Å². The average Bonchev–Trinajstić information content (AvgIpc) is 2.17. The molecular weight excluding hydrogens is 275 g/mol. The fraction of sp³-hybridized carbons (Fsp3) is 0.222. The molecule has 4 heteroatoms. The minimum absolute atomic E-state index is 0.548. The molecule has 0 N–H and O–H groups in total. The smallest absolute Gasteiger partial charge is 0.244 e. The van der Waals surface area contributed by atoms with Crippen molar-refractivity contribution in [3.63, 3.8) is 0 Å². The first-order valence-electron chi connectivity index (χ1n) is 3.63. The lowest BCUT2D eigenvalue weighted by Crippen LogP contribution is -1.98. The highest BCUT2D eigenvalue weighted by atomic mass is 79.9. The highest BCUT2D eigenvalue weighted by Gasteiger charge is 2.14. The summed E-state index contributed by atoms with van der Waals surface area (Å²) in [5, 5.41) is -0.506. The van der Waals surface area contributed by atoms with Gasteiger partial charge >= 0.3 is 0 Å². The lowest BCUT2D eigenvalue weighted by atomic mass is 10.1. The molecular formula is C9H7BrCl2O. The van der Waals surface area contributed by atoms with Crippen molar-refractivity contribution in [1.29, 1.82) is 0 Å². The van der Waals surface area contributed by atoms with Gasteiger partial charge in [0.25, 0.3) is 0 Å². The van der Waals surface area contributed by atoms with Crippen molar-refractivity contribution in [2.75, 3.05) is 0 Å². The van der Waals surface area contributed by atoms with Gasteiger partial charge in [0.15, 0.2) is 0 Å². The maximum Gasteiger partial charge on any atom is 0.244 e. The van der Waals surface area contributed by atoms with Crippen molar-refractivity contribution in [3.8, 4) is 0 Å². The van der Waals surface area contributed by atoms with Crippen LogP contribution in [0.5, 0.6) is 0 Å². The highest BCUT2D eigenvalue weighted by molar-refractivity contribution is 9.08. The second-order valence-corrected chi connectivity index (χ2v) is 3.91. The zero-order chi connectivity index (χ0) is 9.84. The third-order valence-electron chi connectivity index (χ3n) is 1.63. The molecule has 0 aliphatic carbocycles. The minimum atomic E-state index is -0.744. The zero-order valence-corrected chi connectivity index (χ0v) is 9.73. The molecule has 1 unspecified atom stereocenters. The van der Waals surface area contributed by atoms with Crippen LogP contribution in [0.25, 0.3) is 0 Å². The number of hydrogen-bond acceptors (Lipinski definition) is 1. The summed E-state index contributed by atoms with van der Waals surface area (Å²) < 4.78 is 0. The largest absolute Gasteiger partial charge is 0.279 e. The van der Waals surface area contributed by atoms with E-state index in [0.29, 0.717) is 0 Å². The minimum Gasteiger partial charge on any atom is -0.279 e. The molecule has 70 valence electrons. The van der Waals surface area contributed by atoms with Crippen LogP contribution in [0.2, 0.25) is 0 Å². The molecule has 0 spiro atoms. The second-order valence-electron chi connectivity index (χ2n) is 2.54. The van der Waals surface area contributed by atoms with Crippen LogP contribution in [0.15, 0.2) is 24.3 Å². The average molecular weight is 282 g/mol.